The predicted molar refractivity (Wildman–Crippen MR) is 55.8 cm³/mol. The first kappa shape index (κ1) is 12.2. The molecule has 1 fully saturated rings. The van der Waals surface area contributed by atoms with E-state index in [1.807, 2.05) is 6.07 Å². The lowest BCUT2D eigenvalue weighted by Gasteiger charge is -2.25. The molecule has 84 valence electrons. The Hall–Kier alpha value is -0.890. The minimum absolute atomic E-state index is 0.0967. The largest absolute Gasteiger partial charge is 0.298 e. The van der Waals surface area contributed by atoms with E-state index in [0.717, 1.165) is 19.1 Å². The van der Waals surface area contributed by atoms with Crippen LogP contribution >= 0.6 is 0 Å². The third kappa shape index (κ3) is 3.03. The Morgan fingerprint density at radius 1 is 1.40 bits per heavy atom. The van der Waals surface area contributed by atoms with Crippen LogP contribution in [0.25, 0.3) is 0 Å². The summed E-state index contributed by atoms with van der Waals surface area (Å²) in [7, 11) is -3.16. The van der Waals surface area contributed by atoms with E-state index in [0.29, 0.717) is 12.8 Å². The number of nitrogens with zero attached hydrogens (tertiary/aromatic N) is 1. The number of rotatable bonds is 4. The number of hydrogen-bond acceptors (Lipinski definition) is 4. The summed E-state index contributed by atoms with van der Waals surface area (Å²) in [5.74, 6) is -0.298. The Bertz CT molecular complexity index is 385. The molecule has 0 unspecified atom stereocenters. The zero-order valence-electron chi connectivity index (χ0n) is 8.82. The zero-order chi connectivity index (χ0) is 11.5. The summed E-state index contributed by atoms with van der Waals surface area (Å²) in [6.45, 7) is 0. The van der Waals surface area contributed by atoms with Gasteiger partial charge in [-0.2, -0.15) is 5.26 Å². The van der Waals surface area contributed by atoms with Gasteiger partial charge in [0.25, 0.3) is 0 Å². The Balaban J connectivity index is 2.89. The van der Waals surface area contributed by atoms with Crippen LogP contribution in [-0.4, -0.2) is 26.2 Å². The van der Waals surface area contributed by atoms with Crippen LogP contribution in [0, 0.1) is 16.7 Å². The Morgan fingerprint density at radius 2 is 1.93 bits per heavy atom. The average Bonchev–Trinajstić information content (AvgIpc) is 2.51. The molecule has 1 aliphatic carbocycles. The fraction of sp³-hybridized carbons (Fsp3) is 0.800. The Kier molecular flexibility index (Phi) is 3.50. The van der Waals surface area contributed by atoms with E-state index in [1.165, 1.54) is 0 Å². The second-order valence-electron chi connectivity index (χ2n) is 4.32. The molecule has 0 aromatic rings. The van der Waals surface area contributed by atoms with Crippen molar-refractivity contribution in [3.8, 4) is 6.07 Å². The molecule has 0 bridgehead atoms. The third-order valence-electron chi connectivity index (χ3n) is 2.93. The molecule has 0 amide bonds. The van der Waals surface area contributed by atoms with Crippen LogP contribution in [-0.2, 0) is 14.6 Å². The maximum Gasteiger partial charge on any atom is 0.154 e. The quantitative estimate of drug-likeness (QED) is 0.722. The standard InChI is InChI=1S/C10H15NO3S/c1-15(13,14)8-10(5-2-3-6-10)9(12)4-7-11/h2-6,8H2,1H3. The number of ketones is 1. The van der Waals surface area contributed by atoms with E-state index in [1.54, 1.807) is 0 Å². The van der Waals surface area contributed by atoms with Crippen molar-refractivity contribution in [2.75, 3.05) is 12.0 Å². The minimum Gasteiger partial charge on any atom is -0.298 e. The smallest absolute Gasteiger partial charge is 0.154 e. The number of sulfone groups is 1. The van der Waals surface area contributed by atoms with Crippen molar-refractivity contribution in [1.82, 2.24) is 0 Å². The number of carbonyl (C=O) groups is 1. The fourth-order valence-electron chi connectivity index (χ4n) is 2.32. The molecule has 0 spiro atoms. The lowest BCUT2D eigenvalue weighted by molar-refractivity contribution is -0.126. The maximum atomic E-state index is 11.8. The second-order valence-corrected chi connectivity index (χ2v) is 6.46. The molecule has 1 rings (SSSR count). The van der Waals surface area contributed by atoms with Gasteiger partial charge in [-0.3, -0.25) is 4.79 Å². The van der Waals surface area contributed by atoms with Crippen molar-refractivity contribution >= 4 is 15.6 Å². The van der Waals surface area contributed by atoms with Crippen molar-refractivity contribution in [1.29, 1.82) is 5.26 Å². The molecule has 1 saturated carbocycles. The van der Waals surface area contributed by atoms with Crippen molar-refractivity contribution in [2.45, 2.75) is 32.1 Å². The molecule has 1 aliphatic rings. The lowest BCUT2D eigenvalue weighted by Crippen LogP contribution is -2.35. The van der Waals surface area contributed by atoms with Crippen LogP contribution in [0.5, 0.6) is 0 Å². The third-order valence-corrected chi connectivity index (χ3v) is 4.01. The van der Waals surface area contributed by atoms with Crippen LogP contribution in [0.3, 0.4) is 0 Å². The topological polar surface area (TPSA) is 75.0 Å². The summed E-state index contributed by atoms with van der Waals surface area (Å²) in [4.78, 5) is 11.8. The molecule has 0 aliphatic heterocycles. The lowest BCUT2D eigenvalue weighted by atomic mass is 9.82. The highest BCUT2D eigenvalue weighted by atomic mass is 32.2. The van der Waals surface area contributed by atoms with Gasteiger partial charge in [0.1, 0.15) is 9.84 Å². The maximum absolute atomic E-state index is 11.8. The van der Waals surface area contributed by atoms with Crippen LogP contribution in [0.2, 0.25) is 0 Å². The van der Waals surface area contributed by atoms with Gasteiger partial charge in [-0.1, -0.05) is 12.8 Å². The van der Waals surface area contributed by atoms with Gasteiger partial charge in [0, 0.05) is 11.7 Å². The Morgan fingerprint density at radius 3 is 2.33 bits per heavy atom. The van der Waals surface area contributed by atoms with Crippen molar-refractivity contribution in [3.63, 3.8) is 0 Å². The van der Waals surface area contributed by atoms with Gasteiger partial charge in [-0.15, -0.1) is 0 Å². The number of hydrogen-bond donors (Lipinski definition) is 0. The Labute approximate surface area is 90.2 Å². The SMILES string of the molecule is CS(=O)(=O)CC1(C(=O)CC#N)CCCC1. The summed E-state index contributed by atoms with van der Waals surface area (Å²) in [6, 6.07) is 1.81. The molecule has 5 heteroatoms. The normalized spacial score (nSPS) is 19.7. The van der Waals surface area contributed by atoms with Gasteiger partial charge in [-0.25, -0.2) is 8.42 Å². The van der Waals surface area contributed by atoms with Crippen LogP contribution in [0.15, 0.2) is 0 Å². The van der Waals surface area contributed by atoms with E-state index >= 15 is 0 Å². The average molecular weight is 229 g/mol. The second kappa shape index (κ2) is 4.31. The number of carbonyl (C=O) groups excluding carboxylic acids is 1. The molecule has 4 nitrogen and oxygen atoms in total. The summed E-state index contributed by atoms with van der Waals surface area (Å²) in [5, 5.41) is 8.49. The molecule has 0 aromatic carbocycles. The van der Waals surface area contributed by atoms with E-state index in [4.69, 9.17) is 5.26 Å². The van der Waals surface area contributed by atoms with Crippen molar-refractivity contribution < 1.29 is 13.2 Å². The first-order chi connectivity index (χ1) is 6.90. The highest BCUT2D eigenvalue weighted by Gasteiger charge is 2.42. The summed E-state index contributed by atoms with van der Waals surface area (Å²) in [5.41, 5.74) is -0.761. The van der Waals surface area contributed by atoms with E-state index in [2.05, 4.69) is 0 Å². The highest BCUT2D eigenvalue weighted by Crippen LogP contribution is 2.40. The van der Waals surface area contributed by atoms with Crippen LogP contribution < -0.4 is 0 Å². The number of nitriles is 1. The van der Waals surface area contributed by atoms with Gasteiger partial charge in [0.2, 0.25) is 0 Å². The molecular formula is C10H15NO3S. The van der Waals surface area contributed by atoms with E-state index < -0.39 is 15.3 Å². The molecule has 0 heterocycles. The number of Topliss-reactive ketones (excluding diaryl/α,β-unsaturated/α-hetero) is 1. The molecule has 0 aromatic heterocycles. The van der Waals surface area contributed by atoms with Crippen LogP contribution in [0.4, 0.5) is 0 Å². The fourth-order valence-corrected chi connectivity index (χ4v) is 3.77. The predicted octanol–water partition coefficient (Wildman–Crippen LogP) is 1.07. The molecular weight excluding hydrogens is 214 g/mol. The summed E-state index contributed by atoms with van der Waals surface area (Å²) < 4.78 is 22.5. The molecule has 0 radical (unpaired) electrons. The van der Waals surface area contributed by atoms with E-state index in [-0.39, 0.29) is 18.0 Å². The van der Waals surface area contributed by atoms with Gasteiger partial charge < -0.3 is 0 Å². The van der Waals surface area contributed by atoms with Gasteiger partial charge >= 0.3 is 0 Å². The van der Waals surface area contributed by atoms with Crippen molar-refractivity contribution in [3.05, 3.63) is 0 Å². The minimum atomic E-state index is -3.16. The summed E-state index contributed by atoms with van der Waals surface area (Å²) >= 11 is 0. The van der Waals surface area contributed by atoms with Crippen LogP contribution in [0.1, 0.15) is 32.1 Å². The molecule has 0 N–H and O–H groups in total. The van der Waals surface area contributed by atoms with Gasteiger partial charge in [0.05, 0.1) is 18.2 Å². The van der Waals surface area contributed by atoms with Gasteiger partial charge in [-0.05, 0) is 12.8 Å². The van der Waals surface area contributed by atoms with Crippen molar-refractivity contribution in [2.24, 2.45) is 5.41 Å². The summed E-state index contributed by atoms with van der Waals surface area (Å²) in [6.07, 6.45) is 3.96. The molecule has 15 heavy (non-hydrogen) atoms. The zero-order valence-corrected chi connectivity index (χ0v) is 9.64. The first-order valence-corrected chi connectivity index (χ1v) is 7.04. The molecule has 0 atom stereocenters. The van der Waals surface area contributed by atoms with E-state index in [9.17, 15) is 13.2 Å². The van der Waals surface area contributed by atoms with Gasteiger partial charge in [0.15, 0.2) is 5.78 Å². The monoisotopic (exact) mass is 229 g/mol. The molecule has 0 saturated heterocycles. The first-order valence-electron chi connectivity index (χ1n) is 4.98. The highest BCUT2D eigenvalue weighted by molar-refractivity contribution is 7.90.